The molecule has 0 spiro atoms. The van der Waals surface area contributed by atoms with E-state index in [0.29, 0.717) is 11.4 Å². The molecular weight excluding hydrogens is 370 g/mol. The summed E-state index contributed by atoms with van der Waals surface area (Å²) >= 11 is 1.17. The van der Waals surface area contributed by atoms with Crippen LogP contribution in [-0.4, -0.2) is 28.5 Å². The van der Waals surface area contributed by atoms with Gasteiger partial charge in [0.15, 0.2) is 0 Å². The normalized spacial score (nSPS) is 10.5. The van der Waals surface area contributed by atoms with Crippen molar-refractivity contribution in [2.45, 2.75) is 6.42 Å². The Morgan fingerprint density at radius 3 is 2.67 bits per heavy atom. The van der Waals surface area contributed by atoms with Gasteiger partial charge in [-0.1, -0.05) is 12.1 Å². The first-order valence-corrected chi connectivity index (χ1v) is 8.80. The first-order chi connectivity index (χ1) is 12.9. The van der Waals surface area contributed by atoms with Crippen molar-refractivity contribution in [3.63, 3.8) is 0 Å². The van der Waals surface area contributed by atoms with Gasteiger partial charge in [-0.25, -0.2) is 4.79 Å². The van der Waals surface area contributed by atoms with Gasteiger partial charge in [-0.15, -0.1) is 11.3 Å². The van der Waals surface area contributed by atoms with Gasteiger partial charge >= 0.3 is 5.97 Å². The van der Waals surface area contributed by atoms with E-state index in [9.17, 15) is 19.7 Å². The lowest BCUT2D eigenvalue weighted by Gasteiger charge is -2.08. The van der Waals surface area contributed by atoms with Crippen LogP contribution >= 0.6 is 11.3 Å². The van der Waals surface area contributed by atoms with Crippen molar-refractivity contribution in [3.8, 4) is 0 Å². The fourth-order valence-corrected chi connectivity index (χ4v) is 3.42. The number of nitrogens with one attached hydrogen (secondary N) is 2. The molecule has 1 aromatic heterocycles. The molecule has 0 aliphatic rings. The minimum atomic E-state index is -0.983. The number of carboxylic acids is 1. The molecule has 0 bridgehead atoms. The van der Waals surface area contributed by atoms with Gasteiger partial charge < -0.3 is 15.7 Å². The van der Waals surface area contributed by atoms with E-state index >= 15 is 0 Å². The van der Waals surface area contributed by atoms with Crippen molar-refractivity contribution in [2.75, 3.05) is 17.2 Å². The van der Waals surface area contributed by atoms with Gasteiger partial charge in [0.1, 0.15) is 10.6 Å². The maximum Gasteiger partial charge on any atom is 0.345 e. The molecule has 0 saturated carbocycles. The van der Waals surface area contributed by atoms with Crippen LogP contribution < -0.4 is 10.6 Å². The molecule has 0 fully saturated rings. The molecule has 0 atom stereocenters. The highest BCUT2D eigenvalue weighted by Crippen LogP contribution is 2.28. The van der Waals surface area contributed by atoms with Gasteiger partial charge in [0, 0.05) is 29.4 Å². The lowest BCUT2D eigenvalue weighted by atomic mass is 10.2. The highest BCUT2D eigenvalue weighted by atomic mass is 32.1. The molecule has 3 rings (SSSR count). The Kier molecular flexibility index (Phi) is 5.32. The van der Waals surface area contributed by atoms with E-state index in [2.05, 4.69) is 10.6 Å². The van der Waals surface area contributed by atoms with Crippen molar-refractivity contribution >= 4 is 50.4 Å². The molecule has 138 valence electrons. The molecule has 9 heteroatoms. The highest BCUT2D eigenvalue weighted by molar-refractivity contribution is 7.20. The molecule has 0 radical (unpaired) electrons. The summed E-state index contributed by atoms with van der Waals surface area (Å²) in [6, 6.07) is 13.0. The third-order valence-electron chi connectivity index (χ3n) is 3.78. The van der Waals surface area contributed by atoms with Crippen LogP contribution in [0.3, 0.4) is 0 Å². The van der Waals surface area contributed by atoms with E-state index in [-0.39, 0.29) is 29.4 Å². The SMILES string of the molecule is O=C(CCNc1ccccc1[N+](=O)[O-])Nc1ccc2sc(C(=O)O)cc2c1. The first-order valence-electron chi connectivity index (χ1n) is 7.98. The minimum absolute atomic E-state index is 0.0462. The van der Waals surface area contributed by atoms with Gasteiger partial charge in [-0.05, 0) is 35.7 Å². The monoisotopic (exact) mass is 385 g/mol. The average Bonchev–Trinajstić information content (AvgIpc) is 3.05. The summed E-state index contributed by atoms with van der Waals surface area (Å²) in [6.07, 6.45) is 0.119. The van der Waals surface area contributed by atoms with Crippen molar-refractivity contribution in [2.24, 2.45) is 0 Å². The zero-order valence-electron chi connectivity index (χ0n) is 14.0. The summed E-state index contributed by atoms with van der Waals surface area (Å²) in [5.41, 5.74) is 0.874. The molecule has 0 saturated heterocycles. The second-order valence-electron chi connectivity index (χ2n) is 5.67. The molecule has 0 aliphatic heterocycles. The second-order valence-corrected chi connectivity index (χ2v) is 6.75. The van der Waals surface area contributed by atoms with E-state index in [4.69, 9.17) is 5.11 Å². The molecule has 3 aromatic rings. The lowest BCUT2D eigenvalue weighted by molar-refractivity contribution is -0.384. The van der Waals surface area contributed by atoms with Crippen LogP contribution in [0.2, 0.25) is 0 Å². The molecule has 1 amide bonds. The number of thiophene rings is 1. The Balaban J connectivity index is 1.59. The predicted octanol–water partition coefficient (Wildman–Crippen LogP) is 3.95. The molecule has 1 heterocycles. The Labute approximate surface area is 157 Å². The van der Waals surface area contributed by atoms with Crippen molar-refractivity contribution in [3.05, 3.63) is 63.5 Å². The molecule has 27 heavy (non-hydrogen) atoms. The fraction of sp³-hybridized carbons (Fsp3) is 0.111. The number of hydrogen-bond donors (Lipinski definition) is 3. The average molecular weight is 385 g/mol. The second kappa shape index (κ2) is 7.83. The Morgan fingerprint density at radius 2 is 1.93 bits per heavy atom. The van der Waals surface area contributed by atoms with Crippen LogP contribution in [0, 0.1) is 10.1 Å². The summed E-state index contributed by atoms with van der Waals surface area (Å²) in [5, 5.41) is 26.4. The number of benzene rings is 2. The number of carbonyl (C=O) groups excluding carboxylic acids is 1. The molecule has 0 unspecified atom stereocenters. The zero-order chi connectivity index (χ0) is 19.4. The van der Waals surface area contributed by atoms with Crippen LogP contribution in [0.25, 0.3) is 10.1 Å². The van der Waals surface area contributed by atoms with Gasteiger partial charge in [-0.2, -0.15) is 0 Å². The third kappa shape index (κ3) is 4.39. The van der Waals surface area contributed by atoms with Crippen LogP contribution in [0.15, 0.2) is 48.5 Å². The van der Waals surface area contributed by atoms with E-state index in [1.807, 2.05) is 0 Å². The van der Waals surface area contributed by atoms with Gasteiger partial charge in [0.2, 0.25) is 5.91 Å². The number of carbonyl (C=O) groups is 2. The number of amides is 1. The van der Waals surface area contributed by atoms with Crippen molar-refractivity contribution in [1.29, 1.82) is 0 Å². The maximum absolute atomic E-state index is 12.1. The number of nitro benzene ring substituents is 1. The van der Waals surface area contributed by atoms with Crippen LogP contribution in [-0.2, 0) is 4.79 Å². The Bertz CT molecular complexity index is 1030. The largest absolute Gasteiger partial charge is 0.477 e. The number of rotatable bonds is 7. The number of anilines is 2. The number of carboxylic acid groups (broad SMARTS) is 1. The summed E-state index contributed by atoms with van der Waals surface area (Å²) in [7, 11) is 0. The van der Waals surface area contributed by atoms with E-state index < -0.39 is 10.9 Å². The van der Waals surface area contributed by atoms with E-state index in [1.54, 1.807) is 42.5 Å². The smallest absolute Gasteiger partial charge is 0.345 e. The van der Waals surface area contributed by atoms with Crippen LogP contribution in [0.1, 0.15) is 16.1 Å². The molecule has 0 aliphatic carbocycles. The number of nitro groups is 1. The molecular formula is C18H15N3O5S. The topological polar surface area (TPSA) is 122 Å². The summed E-state index contributed by atoms with van der Waals surface area (Å²) in [4.78, 5) is 33.8. The number of para-hydroxylation sites is 2. The van der Waals surface area contributed by atoms with E-state index in [1.165, 1.54) is 17.4 Å². The quantitative estimate of drug-likeness (QED) is 0.418. The third-order valence-corrected chi connectivity index (χ3v) is 4.88. The van der Waals surface area contributed by atoms with Crippen LogP contribution in [0.4, 0.5) is 17.1 Å². The number of nitrogens with zero attached hydrogens (tertiary/aromatic N) is 1. The lowest BCUT2D eigenvalue weighted by Crippen LogP contribution is -2.16. The Morgan fingerprint density at radius 1 is 1.15 bits per heavy atom. The van der Waals surface area contributed by atoms with Crippen LogP contribution in [0.5, 0.6) is 0 Å². The van der Waals surface area contributed by atoms with E-state index in [0.717, 1.165) is 10.1 Å². The summed E-state index contributed by atoms with van der Waals surface area (Å²) in [5.74, 6) is -1.24. The van der Waals surface area contributed by atoms with Crippen molar-refractivity contribution in [1.82, 2.24) is 0 Å². The standard InChI is InChI=1S/C18H15N3O5S/c22-17(7-8-19-13-3-1-2-4-14(13)21(25)26)20-12-5-6-15-11(9-12)10-16(27-15)18(23)24/h1-6,9-10,19H,7-8H2,(H,20,22)(H,23,24). The molecule has 3 N–H and O–H groups in total. The predicted molar refractivity (Wildman–Crippen MR) is 104 cm³/mol. The zero-order valence-corrected chi connectivity index (χ0v) is 14.8. The van der Waals surface area contributed by atoms with Gasteiger partial charge in [0.05, 0.1) is 4.92 Å². The number of fused-ring (bicyclic) bond motifs is 1. The van der Waals surface area contributed by atoms with Gasteiger partial charge in [-0.3, -0.25) is 14.9 Å². The first kappa shape index (κ1) is 18.3. The fourth-order valence-electron chi connectivity index (χ4n) is 2.54. The minimum Gasteiger partial charge on any atom is -0.477 e. The number of aromatic carboxylic acids is 1. The highest BCUT2D eigenvalue weighted by Gasteiger charge is 2.13. The maximum atomic E-state index is 12.1. The number of hydrogen-bond acceptors (Lipinski definition) is 6. The van der Waals surface area contributed by atoms with Gasteiger partial charge in [0.25, 0.3) is 5.69 Å². The molecule has 2 aromatic carbocycles. The molecule has 8 nitrogen and oxygen atoms in total. The Hall–Kier alpha value is -3.46. The summed E-state index contributed by atoms with van der Waals surface area (Å²) < 4.78 is 0.823. The van der Waals surface area contributed by atoms with Crippen molar-refractivity contribution < 1.29 is 19.6 Å². The summed E-state index contributed by atoms with van der Waals surface area (Å²) in [6.45, 7) is 0.237.